The number of rotatable bonds is 33. The van der Waals surface area contributed by atoms with E-state index in [-0.39, 0.29) is 0 Å². The van der Waals surface area contributed by atoms with Gasteiger partial charge in [0.05, 0.1) is 78.7 Å². The van der Waals surface area contributed by atoms with Crippen LogP contribution in [0.2, 0.25) is 0 Å². The predicted molar refractivity (Wildman–Crippen MR) is 343 cm³/mol. The number of amides is 1. The van der Waals surface area contributed by atoms with E-state index in [0.29, 0.717) is 0 Å². The fourth-order valence-electron chi connectivity index (χ4n) is 14.1. The van der Waals surface area contributed by atoms with Gasteiger partial charge in [0.1, 0.15) is 238 Å². The molecule has 0 aromatic heterocycles. The largest absolute Gasteiger partial charge is 0.394 e. The van der Waals surface area contributed by atoms with Crippen LogP contribution in [-0.4, -0.2) is 543 Å². The van der Waals surface area contributed by atoms with Crippen molar-refractivity contribution in [1.29, 1.82) is 0 Å². The Kier molecular flexibility index (Phi) is 35.1. The van der Waals surface area contributed by atoms with Gasteiger partial charge in [0.25, 0.3) is 0 Å². The van der Waals surface area contributed by atoms with Crippen LogP contribution < -0.4 is 5.32 Å². The van der Waals surface area contributed by atoms with Crippen LogP contribution in [0.3, 0.4) is 0 Å². The van der Waals surface area contributed by atoms with Gasteiger partial charge < -0.3 is 254 Å². The zero-order valence-corrected chi connectivity index (χ0v) is 60.1. The van der Waals surface area contributed by atoms with Gasteiger partial charge in [-0.25, -0.2) is 0 Å². The minimum absolute atomic E-state index is 0.917. The van der Waals surface area contributed by atoms with Crippen LogP contribution in [0.15, 0.2) is 0 Å². The van der Waals surface area contributed by atoms with Gasteiger partial charge in [-0.3, -0.25) is 4.79 Å². The van der Waals surface area contributed by atoms with Crippen molar-refractivity contribution in [2.75, 3.05) is 72.7 Å². The Balaban J connectivity index is 1.08. The van der Waals surface area contributed by atoms with Gasteiger partial charge in [0.2, 0.25) is 5.91 Å². The lowest BCUT2D eigenvalue weighted by Crippen LogP contribution is -2.68. The van der Waals surface area contributed by atoms with Gasteiger partial charge in [-0.1, -0.05) is 0 Å². The molecule has 114 heavy (non-hydrogen) atoms. The van der Waals surface area contributed by atoms with Crippen molar-refractivity contribution in [3.8, 4) is 0 Å². The summed E-state index contributed by atoms with van der Waals surface area (Å²) in [7, 11) is 0. The standard InChI is InChI=1S/C62H107NO51/c1-13(72)63-14(2-64)25(74)48(15(73)3-65)109-59-47(96)50(111-62-53(41(90)32(81)22(108-62)10-97-54-42(91)35(84)26(75)16(4-66)100-54)114-61-52(40(89)31(80)21(9-71)105-61)113-58-45(94)38(87)29(78)19(7-69)103-58)34(83)24(107-59)11-98-55-46(95)49(110-56-43(92)36(85)27(76)17(5-67)101-56)33(82)23(106-55)12-99-60-51(39(88)30(79)20(8-70)104-60)112-57-44(93)37(86)28(77)18(6-68)102-57/h14-62,64-71,73-96H,2-12H2,1H3,(H,63,72)/t14-,15+,16+,17+,18+,19+,20+,21+,22+,23+,24+,25+,26+,27+,28+,29+,30+,31+,32+,33+,34+,35-,36-,37-,38-,39-,40-,41-,42-,43-,44-,45-,46-,47-,48+,49-,50-,51-,52-,53-,54-,55-,56+,57+,58+,59-,60-,61+,62+/m0/s1. The lowest BCUT2D eigenvalue weighted by molar-refractivity contribution is -0.408. The van der Waals surface area contributed by atoms with E-state index in [2.05, 4.69) is 5.32 Å². The molecule has 0 aromatic rings. The van der Waals surface area contributed by atoms with Gasteiger partial charge in [0, 0.05) is 6.92 Å². The van der Waals surface area contributed by atoms with Crippen molar-refractivity contribution >= 4 is 5.91 Å². The first kappa shape index (κ1) is 95.3. The number of carbonyl (C=O) groups excluding carboxylic acids is 1. The van der Waals surface area contributed by atoms with E-state index in [4.69, 9.17) is 85.3 Å². The highest BCUT2D eigenvalue weighted by molar-refractivity contribution is 5.73. The number of hydrogen-bond acceptors (Lipinski definition) is 51. The zero-order chi connectivity index (χ0) is 84.1. The lowest BCUT2D eigenvalue weighted by atomic mass is 9.95. The third-order valence-electron chi connectivity index (χ3n) is 20.9. The molecule has 9 aliphatic heterocycles. The molecule has 0 saturated carbocycles. The first-order valence-corrected chi connectivity index (χ1v) is 36.1. The number of carbonyl (C=O) groups is 1. The van der Waals surface area contributed by atoms with Crippen LogP contribution in [0.25, 0.3) is 0 Å². The summed E-state index contributed by atoms with van der Waals surface area (Å²) in [4.78, 5) is 12.3. The van der Waals surface area contributed by atoms with Crippen LogP contribution in [0.1, 0.15) is 6.92 Å². The van der Waals surface area contributed by atoms with Crippen LogP contribution in [0.4, 0.5) is 0 Å². The van der Waals surface area contributed by atoms with Crippen molar-refractivity contribution in [2.45, 2.75) is 308 Å². The normalized spacial score (nSPS) is 49.6. The molecule has 0 aliphatic carbocycles. The molecule has 0 aromatic carbocycles. The Labute approximate surface area is 643 Å². The highest BCUT2D eigenvalue weighted by atomic mass is 16.8. The van der Waals surface area contributed by atoms with Crippen LogP contribution in [0, 0.1) is 0 Å². The third kappa shape index (κ3) is 20.9. The summed E-state index contributed by atoms with van der Waals surface area (Å²) < 4.78 is 104. The summed E-state index contributed by atoms with van der Waals surface area (Å²) in [6.07, 6.45) is -106. The average molecular weight is 1680 g/mol. The number of aliphatic hydroxyl groups excluding tert-OH is 32. The molecule has 0 spiro atoms. The zero-order valence-electron chi connectivity index (χ0n) is 60.1. The van der Waals surface area contributed by atoms with Gasteiger partial charge in [0.15, 0.2) is 56.6 Å². The summed E-state index contributed by atoms with van der Waals surface area (Å²) in [5.41, 5.74) is 0. The number of ether oxygens (including phenoxy) is 18. The highest BCUT2D eigenvalue weighted by Gasteiger charge is 2.60. The molecular formula is C62H107NO51. The molecule has 0 bridgehead atoms. The minimum atomic E-state index is -2.70. The quantitative estimate of drug-likeness (QED) is 0.0290. The predicted octanol–water partition coefficient (Wildman–Crippen LogP) is -23.0. The second-order valence-corrected chi connectivity index (χ2v) is 28.6. The highest BCUT2D eigenvalue weighted by Crippen LogP contribution is 2.40. The topological polar surface area (TPSA) is 843 Å². The molecule has 666 valence electrons. The SMILES string of the molecule is CC(=O)N[C@@H](CO)[C@@H](O)[C@H](O[C@@H]1O[C@H](CO[C@H]2O[C@H](CO[C@H]3O[C@H](CO)[C@@H](O)[C@H](O)[C@@H]3O[C@H]3O[C@H](CO)[C@@H](O)[C@H](O)[C@@H]3O)[C@@H](O)[C@H](O[C@H]3O[C@H](CO)[C@@H](O)[C@H](O)[C@@H]3O)[C@@H]2O)[C@@H](O)[C@H](O[C@H]2O[C@H](CO[C@H]3O[C@H](CO)[C@@H](O)[C@H](O)[C@@H]3O)[C@@H](O)[C@H](O)[C@@H]2O[C@H]2O[C@H](CO)[C@@H](O)[C@H](O)[C@@H]2O[C@H]2O[C@H](CO)[C@@H](O)[C@H](O)[C@@H]2O)[C@@H]1O)[C@H](O)CO. The second kappa shape index (κ2) is 42.0. The van der Waals surface area contributed by atoms with E-state index in [1.165, 1.54) is 0 Å². The Morgan fingerprint density at radius 1 is 0.281 bits per heavy atom. The Hall–Kier alpha value is -2.53. The van der Waals surface area contributed by atoms with Crippen LogP contribution >= 0.6 is 0 Å². The van der Waals surface area contributed by atoms with E-state index >= 15 is 0 Å². The van der Waals surface area contributed by atoms with Gasteiger partial charge in [-0.2, -0.15) is 0 Å². The molecule has 0 radical (unpaired) electrons. The Bertz CT molecular complexity index is 2860. The number of aliphatic hydroxyl groups is 32. The molecule has 52 heteroatoms. The molecule has 49 atom stereocenters. The van der Waals surface area contributed by atoms with Gasteiger partial charge in [-0.05, 0) is 0 Å². The first-order valence-electron chi connectivity index (χ1n) is 36.1. The molecule has 9 heterocycles. The summed E-state index contributed by atoms with van der Waals surface area (Å²) >= 11 is 0. The maximum atomic E-state index is 12.7. The Morgan fingerprint density at radius 3 is 0.904 bits per heavy atom. The summed E-state index contributed by atoms with van der Waals surface area (Å²) in [6, 6.07) is -1.82. The van der Waals surface area contributed by atoms with Gasteiger partial charge in [-0.15, -0.1) is 0 Å². The van der Waals surface area contributed by atoms with Crippen molar-refractivity contribution in [1.82, 2.24) is 5.32 Å². The number of hydrogen-bond donors (Lipinski definition) is 33. The van der Waals surface area contributed by atoms with Crippen LogP contribution in [0.5, 0.6) is 0 Å². The van der Waals surface area contributed by atoms with Crippen molar-refractivity contribution in [3.63, 3.8) is 0 Å². The molecule has 52 nitrogen and oxygen atoms in total. The first-order chi connectivity index (χ1) is 53.9. The average Bonchev–Trinajstić information content (AvgIpc) is 0.772. The monoisotopic (exact) mass is 1680 g/mol. The fraction of sp³-hybridized carbons (Fsp3) is 0.984. The van der Waals surface area contributed by atoms with Crippen molar-refractivity contribution in [2.24, 2.45) is 0 Å². The van der Waals surface area contributed by atoms with E-state index < -0.39 is 379 Å². The molecule has 0 unspecified atom stereocenters. The fourth-order valence-corrected chi connectivity index (χ4v) is 14.1. The van der Waals surface area contributed by atoms with E-state index in [0.717, 1.165) is 6.92 Å². The minimum Gasteiger partial charge on any atom is -0.394 e. The van der Waals surface area contributed by atoms with Crippen LogP contribution in [-0.2, 0) is 90.1 Å². The summed E-state index contributed by atoms with van der Waals surface area (Å²) in [5, 5.41) is 353. The molecule has 9 saturated heterocycles. The van der Waals surface area contributed by atoms with E-state index in [1.807, 2.05) is 0 Å². The Morgan fingerprint density at radius 2 is 0.535 bits per heavy atom. The molecule has 9 aliphatic rings. The van der Waals surface area contributed by atoms with Crippen molar-refractivity contribution < 1.29 is 253 Å². The third-order valence-corrected chi connectivity index (χ3v) is 20.9. The smallest absolute Gasteiger partial charge is 0.217 e. The summed E-state index contributed by atoms with van der Waals surface area (Å²) in [5.74, 6) is -0.917. The van der Waals surface area contributed by atoms with Crippen molar-refractivity contribution in [3.05, 3.63) is 0 Å². The molecule has 1 amide bonds. The molecular weight excluding hydrogens is 1570 g/mol. The van der Waals surface area contributed by atoms with E-state index in [9.17, 15) is 168 Å². The van der Waals surface area contributed by atoms with Gasteiger partial charge >= 0.3 is 0 Å². The van der Waals surface area contributed by atoms with E-state index in [1.54, 1.807) is 0 Å². The maximum absolute atomic E-state index is 12.7. The number of nitrogens with one attached hydrogen (secondary N) is 1. The molecule has 33 N–H and O–H groups in total. The summed E-state index contributed by atoms with van der Waals surface area (Å²) in [6.45, 7) is -11.5. The second-order valence-electron chi connectivity index (χ2n) is 28.6. The lowest BCUT2D eigenvalue weighted by Gasteiger charge is -2.50. The maximum Gasteiger partial charge on any atom is 0.217 e. The molecule has 9 rings (SSSR count). The molecule has 9 fully saturated rings.